The third kappa shape index (κ3) is 5.36. The molecule has 0 radical (unpaired) electrons. The number of hydrogen-bond donors (Lipinski definition) is 3. The van der Waals surface area contributed by atoms with Crippen molar-refractivity contribution < 1.29 is 14.7 Å². The molecular formula is C18H26N2O3. The van der Waals surface area contributed by atoms with Crippen molar-refractivity contribution in [3.63, 3.8) is 0 Å². The zero-order chi connectivity index (χ0) is 16.8. The van der Waals surface area contributed by atoms with E-state index in [0.717, 1.165) is 11.3 Å². The van der Waals surface area contributed by atoms with Crippen molar-refractivity contribution in [2.24, 2.45) is 11.8 Å². The van der Waals surface area contributed by atoms with Crippen LogP contribution < -0.4 is 10.6 Å². The van der Waals surface area contributed by atoms with Crippen LogP contribution in [0, 0.1) is 11.8 Å². The zero-order valence-corrected chi connectivity index (χ0v) is 13.8. The Kier molecular flexibility index (Phi) is 6.16. The molecule has 0 bridgehead atoms. The first-order valence-electron chi connectivity index (χ1n) is 8.29. The maximum Gasteiger partial charge on any atom is 0.227 e. The normalized spacial score (nSPS) is 18.3. The molecule has 126 valence electrons. The molecule has 5 heteroatoms. The number of benzene rings is 1. The van der Waals surface area contributed by atoms with Gasteiger partial charge in [-0.15, -0.1) is 0 Å². The van der Waals surface area contributed by atoms with E-state index in [0.29, 0.717) is 31.6 Å². The fraction of sp³-hybridized carbons (Fsp3) is 0.556. The highest BCUT2D eigenvalue weighted by molar-refractivity contribution is 5.96. The largest absolute Gasteiger partial charge is 0.391 e. The van der Waals surface area contributed by atoms with Gasteiger partial charge >= 0.3 is 0 Å². The minimum atomic E-state index is -0.510. The van der Waals surface area contributed by atoms with Crippen molar-refractivity contribution in [3.8, 4) is 0 Å². The first-order chi connectivity index (χ1) is 11.0. The first-order valence-corrected chi connectivity index (χ1v) is 8.29. The summed E-state index contributed by atoms with van der Waals surface area (Å²) in [6.07, 6.45) is 1.65. The van der Waals surface area contributed by atoms with E-state index in [2.05, 4.69) is 10.6 Å². The number of amides is 2. The number of carbonyl (C=O) groups is 2. The molecule has 0 saturated carbocycles. The monoisotopic (exact) mass is 318 g/mol. The highest BCUT2D eigenvalue weighted by Crippen LogP contribution is 2.27. The molecule has 2 rings (SSSR count). The van der Waals surface area contributed by atoms with Gasteiger partial charge in [0.15, 0.2) is 0 Å². The summed E-state index contributed by atoms with van der Waals surface area (Å²) in [5, 5.41) is 15.4. The molecule has 0 saturated heterocycles. The molecule has 23 heavy (non-hydrogen) atoms. The summed E-state index contributed by atoms with van der Waals surface area (Å²) in [4.78, 5) is 23.9. The van der Waals surface area contributed by atoms with Gasteiger partial charge in [-0.05, 0) is 36.8 Å². The Labute approximate surface area is 137 Å². The van der Waals surface area contributed by atoms with E-state index >= 15 is 0 Å². The smallest absolute Gasteiger partial charge is 0.227 e. The molecule has 1 heterocycles. The molecule has 1 aliphatic rings. The summed E-state index contributed by atoms with van der Waals surface area (Å²) in [5.41, 5.74) is 1.99. The maximum absolute atomic E-state index is 12.1. The summed E-state index contributed by atoms with van der Waals surface area (Å²) < 4.78 is 0. The van der Waals surface area contributed by atoms with Crippen molar-refractivity contribution in [3.05, 3.63) is 29.8 Å². The molecule has 0 aromatic heterocycles. The number of nitrogens with one attached hydrogen (secondary N) is 2. The van der Waals surface area contributed by atoms with Crippen LogP contribution in [0.5, 0.6) is 0 Å². The van der Waals surface area contributed by atoms with Crippen LogP contribution in [0.3, 0.4) is 0 Å². The van der Waals surface area contributed by atoms with Crippen molar-refractivity contribution in [2.45, 2.75) is 45.6 Å². The van der Waals surface area contributed by atoms with Gasteiger partial charge in [0.1, 0.15) is 0 Å². The predicted octanol–water partition coefficient (Wildman–Crippen LogP) is 2.10. The second-order valence-corrected chi connectivity index (χ2v) is 6.67. The van der Waals surface area contributed by atoms with Crippen LogP contribution in [-0.2, 0) is 16.0 Å². The van der Waals surface area contributed by atoms with Gasteiger partial charge in [0.2, 0.25) is 11.8 Å². The minimum absolute atomic E-state index is 0.0173. The Hall–Kier alpha value is -1.88. The molecule has 0 spiro atoms. The quantitative estimate of drug-likeness (QED) is 0.720. The molecule has 2 amide bonds. The summed E-state index contributed by atoms with van der Waals surface area (Å²) in [7, 11) is 0. The Morgan fingerprint density at radius 2 is 2.13 bits per heavy atom. The van der Waals surface area contributed by atoms with E-state index in [9.17, 15) is 14.7 Å². The molecule has 2 atom stereocenters. The lowest BCUT2D eigenvalue weighted by atomic mass is 9.89. The summed E-state index contributed by atoms with van der Waals surface area (Å²) >= 11 is 0. The number of aliphatic hydroxyl groups is 1. The van der Waals surface area contributed by atoms with Crippen LogP contribution in [0.25, 0.3) is 0 Å². The van der Waals surface area contributed by atoms with Crippen LogP contribution in [0.15, 0.2) is 24.3 Å². The molecule has 3 N–H and O–H groups in total. The van der Waals surface area contributed by atoms with Gasteiger partial charge in [-0.1, -0.05) is 32.0 Å². The lowest BCUT2D eigenvalue weighted by Gasteiger charge is -2.24. The minimum Gasteiger partial charge on any atom is -0.391 e. The van der Waals surface area contributed by atoms with Crippen molar-refractivity contribution in [2.75, 3.05) is 11.9 Å². The SMILES string of the molecule is CC(C)CC(O)CNC(=O)CCC1Cc2ccccc2NC1=O. The number of rotatable bonds is 7. The molecular weight excluding hydrogens is 292 g/mol. The second-order valence-electron chi connectivity index (χ2n) is 6.67. The highest BCUT2D eigenvalue weighted by Gasteiger charge is 2.26. The average molecular weight is 318 g/mol. The number of aliphatic hydroxyl groups excluding tert-OH is 1. The molecule has 1 aromatic carbocycles. The summed E-state index contributed by atoms with van der Waals surface area (Å²) in [6.45, 7) is 4.34. The van der Waals surface area contributed by atoms with Crippen LogP contribution in [0.4, 0.5) is 5.69 Å². The lowest BCUT2D eigenvalue weighted by molar-refractivity contribution is -0.123. The third-order valence-corrected chi connectivity index (χ3v) is 4.11. The highest BCUT2D eigenvalue weighted by atomic mass is 16.3. The maximum atomic E-state index is 12.1. The number of fused-ring (bicyclic) bond motifs is 1. The predicted molar refractivity (Wildman–Crippen MR) is 90.0 cm³/mol. The van der Waals surface area contributed by atoms with E-state index < -0.39 is 6.10 Å². The first kappa shape index (κ1) is 17.5. The zero-order valence-electron chi connectivity index (χ0n) is 13.8. The third-order valence-electron chi connectivity index (χ3n) is 4.11. The van der Waals surface area contributed by atoms with E-state index in [1.54, 1.807) is 0 Å². The molecule has 1 aromatic rings. The second kappa shape index (κ2) is 8.11. The van der Waals surface area contributed by atoms with Gasteiger partial charge in [-0.3, -0.25) is 9.59 Å². The van der Waals surface area contributed by atoms with Crippen LogP contribution in [0.1, 0.15) is 38.7 Å². The van der Waals surface area contributed by atoms with Gasteiger partial charge in [0.05, 0.1) is 6.10 Å². The van der Waals surface area contributed by atoms with E-state index in [4.69, 9.17) is 0 Å². The molecule has 1 aliphatic heterocycles. The molecule has 5 nitrogen and oxygen atoms in total. The fourth-order valence-corrected chi connectivity index (χ4v) is 2.90. The molecule has 0 aliphatic carbocycles. The van der Waals surface area contributed by atoms with Gasteiger partial charge in [-0.25, -0.2) is 0 Å². The van der Waals surface area contributed by atoms with Gasteiger partial charge in [-0.2, -0.15) is 0 Å². The number of para-hydroxylation sites is 1. The van der Waals surface area contributed by atoms with E-state index in [1.807, 2.05) is 38.1 Å². The topological polar surface area (TPSA) is 78.4 Å². The van der Waals surface area contributed by atoms with Crippen molar-refractivity contribution in [1.82, 2.24) is 5.32 Å². The summed E-state index contributed by atoms with van der Waals surface area (Å²) in [5.74, 6) is 0.0972. The average Bonchev–Trinajstić information content (AvgIpc) is 2.50. The van der Waals surface area contributed by atoms with Crippen molar-refractivity contribution in [1.29, 1.82) is 0 Å². The van der Waals surface area contributed by atoms with E-state index in [1.165, 1.54) is 0 Å². The van der Waals surface area contributed by atoms with Crippen LogP contribution in [0.2, 0.25) is 0 Å². The standard InChI is InChI=1S/C18H26N2O3/c1-12(2)9-15(21)11-19-17(22)8-7-14-10-13-5-3-4-6-16(13)20-18(14)23/h3-6,12,14-15,21H,7-11H2,1-2H3,(H,19,22)(H,20,23). The molecule has 2 unspecified atom stereocenters. The Morgan fingerprint density at radius 3 is 2.87 bits per heavy atom. The van der Waals surface area contributed by atoms with Gasteiger partial charge < -0.3 is 15.7 Å². The fourth-order valence-electron chi connectivity index (χ4n) is 2.90. The number of carbonyl (C=O) groups excluding carboxylic acids is 2. The number of anilines is 1. The summed E-state index contributed by atoms with van der Waals surface area (Å²) in [6, 6.07) is 7.75. The van der Waals surface area contributed by atoms with Gasteiger partial charge in [0, 0.05) is 24.6 Å². The van der Waals surface area contributed by atoms with Crippen LogP contribution >= 0.6 is 0 Å². The van der Waals surface area contributed by atoms with Gasteiger partial charge in [0.25, 0.3) is 0 Å². The van der Waals surface area contributed by atoms with Crippen LogP contribution in [-0.4, -0.2) is 29.6 Å². The Morgan fingerprint density at radius 1 is 1.39 bits per heavy atom. The Bertz CT molecular complexity index is 557. The molecule has 0 fully saturated rings. The number of hydrogen-bond acceptors (Lipinski definition) is 3. The van der Waals surface area contributed by atoms with Crippen molar-refractivity contribution >= 4 is 17.5 Å². The lowest BCUT2D eigenvalue weighted by Crippen LogP contribution is -2.34. The Balaban J connectivity index is 1.75. The van der Waals surface area contributed by atoms with E-state index in [-0.39, 0.29) is 24.3 Å².